The zero-order valence-electron chi connectivity index (χ0n) is 54.8. The summed E-state index contributed by atoms with van der Waals surface area (Å²) >= 11 is 3.11. The molecule has 7 N–H and O–H groups in total. The maximum absolute atomic E-state index is 14.4. The molecule has 3 amide bonds. The number of anilines is 2. The Kier molecular flexibility index (Phi) is 23.2. The Bertz CT molecular complexity index is 4350. The molecule has 5 aliphatic rings. The first-order valence-electron chi connectivity index (χ1n) is 30.6. The van der Waals surface area contributed by atoms with Gasteiger partial charge < -0.3 is 92.0 Å². The second kappa shape index (κ2) is 30.5. The van der Waals surface area contributed by atoms with E-state index in [1.54, 1.807) is 49.4 Å². The fraction of sp³-hybridized carbons (Fsp3) is 0.364. The number of methoxy groups -OCH3 is 2. The number of rotatable bonds is 22. The molecule has 1 saturated heterocycles. The number of hydrogen-bond donors (Lipinski definition) is 7. The van der Waals surface area contributed by atoms with Crippen LogP contribution in [0.3, 0.4) is 0 Å². The maximum atomic E-state index is 14.4. The number of aliphatic hydroxyl groups is 4. The molecular formula is C66H71N6Na2O20S4+. The molecule has 8 atom stereocenters. The van der Waals surface area contributed by atoms with Crippen molar-refractivity contribution in [3.63, 3.8) is 0 Å². The van der Waals surface area contributed by atoms with Crippen LogP contribution in [0, 0.1) is 6.54 Å². The number of nitrogens with one attached hydrogen (secondary N) is 3. The average Bonchev–Trinajstić information content (AvgIpc) is 1.59. The van der Waals surface area contributed by atoms with Crippen molar-refractivity contribution in [3.8, 4) is 40.2 Å². The second-order valence-electron chi connectivity index (χ2n) is 24.9. The Labute approximate surface area is 618 Å². The first-order valence-corrected chi connectivity index (χ1v) is 35.1. The molecule has 98 heavy (non-hydrogen) atoms. The van der Waals surface area contributed by atoms with Gasteiger partial charge in [0.15, 0.2) is 34.5 Å². The first-order chi connectivity index (χ1) is 45.7. The van der Waals surface area contributed by atoms with E-state index in [4.69, 9.17) is 36.8 Å². The Morgan fingerprint density at radius 3 is 1.90 bits per heavy atom. The Morgan fingerprint density at radius 2 is 1.29 bits per heavy atom. The van der Waals surface area contributed by atoms with E-state index in [0.29, 0.717) is 64.4 Å². The van der Waals surface area contributed by atoms with Gasteiger partial charge in [-0.25, -0.2) is 15.0 Å². The molecule has 5 aromatic carbocycles. The molecule has 32 heteroatoms. The minimum absolute atomic E-state index is 0. The van der Waals surface area contributed by atoms with Crippen molar-refractivity contribution in [2.45, 2.75) is 120 Å². The van der Waals surface area contributed by atoms with Gasteiger partial charge in [0.1, 0.15) is 72.0 Å². The molecule has 2 aromatic heterocycles. The molecular weight excluding hydrogens is 1370 g/mol. The van der Waals surface area contributed by atoms with Crippen LogP contribution in [0.15, 0.2) is 108 Å². The molecule has 0 radical (unpaired) electrons. The first kappa shape index (κ1) is 74.4. The van der Waals surface area contributed by atoms with Crippen molar-refractivity contribution < 1.29 is 157 Å². The summed E-state index contributed by atoms with van der Waals surface area (Å²) in [7, 11) is -3.13. The summed E-state index contributed by atoms with van der Waals surface area (Å²) in [5, 5.41) is 52.4. The van der Waals surface area contributed by atoms with E-state index in [-0.39, 0.29) is 143 Å². The normalized spacial score (nSPS) is 21.1. The Morgan fingerprint density at radius 1 is 0.704 bits per heavy atom. The number of ether oxygens (including phenoxy) is 6. The zero-order chi connectivity index (χ0) is 68.1. The molecule has 5 aliphatic heterocycles. The van der Waals surface area contributed by atoms with E-state index < -0.39 is 86.8 Å². The molecule has 0 aliphatic carbocycles. The summed E-state index contributed by atoms with van der Waals surface area (Å²) in [6.45, 7) is 5.93. The molecule has 1 unspecified atom stereocenters. The molecule has 0 saturated carbocycles. The van der Waals surface area contributed by atoms with Crippen LogP contribution in [0.5, 0.6) is 40.2 Å². The van der Waals surface area contributed by atoms with Crippen molar-refractivity contribution in [2.75, 3.05) is 45.6 Å². The molecule has 26 nitrogen and oxygen atoms in total. The third kappa shape index (κ3) is 16.4. The molecule has 0 bridgehead atoms. The number of amides is 3. The van der Waals surface area contributed by atoms with Gasteiger partial charge >= 0.3 is 69.5 Å². The van der Waals surface area contributed by atoms with Crippen LogP contribution in [0.25, 0.3) is 0 Å². The number of nitrogens with zero attached hydrogens (tertiary/aromatic N) is 3. The van der Waals surface area contributed by atoms with Gasteiger partial charge in [0, 0.05) is 69.8 Å². The van der Waals surface area contributed by atoms with E-state index in [1.807, 2.05) is 60.6 Å². The van der Waals surface area contributed by atoms with Gasteiger partial charge in [-0.2, -0.15) is 0 Å². The van der Waals surface area contributed by atoms with Gasteiger partial charge in [-0.15, -0.1) is 31.1 Å². The minimum Gasteiger partial charge on any atom is -0.746 e. The number of quaternary nitrogens is 1. The fourth-order valence-electron chi connectivity index (χ4n) is 12.5. The van der Waals surface area contributed by atoms with Gasteiger partial charge in [0.25, 0.3) is 17.7 Å². The van der Waals surface area contributed by atoms with E-state index in [0.717, 1.165) is 33.2 Å². The van der Waals surface area contributed by atoms with Crippen LogP contribution in [-0.4, -0.2) is 163 Å². The second-order valence-corrected chi connectivity index (χ2v) is 29.6. The third-order valence-electron chi connectivity index (χ3n) is 17.1. The number of carbonyl (C=O) groups is 3. The summed E-state index contributed by atoms with van der Waals surface area (Å²) in [5.74, 6) is -1.28. The number of hydrogen-bond acceptors (Lipinski definition) is 24. The molecule has 1 fully saturated rings. The van der Waals surface area contributed by atoms with Crippen LogP contribution < -0.4 is 107 Å². The monoisotopic (exact) mass is 1440 g/mol. The summed E-state index contributed by atoms with van der Waals surface area (Å²) in [5.41, 5.74) is 6.08. The van der Waals surface area contributed by atoms with Gasteiger partial charge in [-0.05, 0) is 138 Å². The predicted molar refractivity (Wildman–Crippen MR) is 349 cm³/mol. The van der Waals surface area contributed by atoms with Crippen LogP contribution >= 0.6 is 22.7 Å². The number of benzene rings is 5. The summed E-state index contributed by atoms with van der Waals surface area (Å²) in [4.78, 5) is 47.0. The molecule has 7 heterocycles. The van der Waals surface area contributed by atoms with Crippen molar-refractivity contribution in [3.05, 3.63) is 174 Å². The van der Waals surface area contributed by atoms with Gasteiger partial charge in [-0.1, -0.05) is 6.04 Å². The number of aliphatic hydroxyl groups excluding tert-OH is 4. The smallest absolute Gasteiger partial charge is 0.746 e. The number of thiophene rings is 2. The third-order valence-corrected chi connectivity index (χ3v) is 20.9. The van der Waals surface area contributed by atoms with E-state index >= 15 is 0 Å². The quantitative estimate of drug-likeness (QED) is 0.0200. The average molecular weight is 1440 g/mol. The van der Waals surface area contributed by atoms with Crippen LogP contribution in [-0.2, 0) is 77.5 Å². The number of carbonyl (C=O) groups excluding carboxylic acids is 3. The standard InChI is InChI=1S/C66H72N6O20S4.2Na/c1-35(2)68-62(77)40-9-12-50(89-66-61(76)60(75)59(74)56(32-73)90-66)55(20-40)92-96(83,84)91-44-10-7-36(8-11-44)30-72(3,4)31-37-17-38(33-87-53-24-47-45(22-51(53)85-5)64(78)70-28-41-13-15-93-57(41)21-43(70)27-67-47)19-39(18-37)34-88-54-25-48-46(23-52(54)86-6)65(79)71-29-42-14-16-94-58(42)26-49(71)63(69-48)95(80,81)82;;/h7-20,22-25,27,35,43,49,56,59-61,63,66-67,69,73-76H,21,26,28-34H2,1-6H3,(H,68,77)(H,80,81,82);;/q;2*+1/p-1/t43-,49-,56+,59-,60-,61+,63-,66?;;/m0../s1. The summed E-state index contributed by atoms with van der Waals surface area (Å²) in [6.07, 6.45) is -7.63. The molecule has 7 aromatic rings. The Balaban J connectivity index is 0.00000520. The summed E-state index contributed by atoms with van der Waals surface area (Å²) < 4.78 is 113. The van der Waals surface area contributed by atoms with Gasteiger partial charge in [-0.3, -0.25) is 14.4 Å². The summed E-state index contributed by atoms with van der Waals surface area (Å²) in [6, 6.07) is 24.4. The van der Waals surface area contributed by atoms with E-state index in [1.165, 1.54) is 71.7 Å². The minimum atomic E-state index is -5.02. The van der Waals surface area contributed by atoms with E-state index in [2.05, 4.69) is 22.0 Å². The Hall–Kier alpha value is -6.27. The molecule has 0 spiro atoms. The molecule has 510 valence electrons. The number of fused-ring (bicyclic) bond motifs is 6. The largest absolute Gasteiger partial charge is 1.00 e. The van der Waals surface area contributed by atoms with Crippen molar-refractivity contribution in [1.82, 2.24) is 15.1 Å². The van der Waals surface area contributed by atoms with Crippen molar-refractivity contribution in [2.24, 2.45) is 0 Å². The zero-order valence-corrected chi connectivity index (χ0v) is 62.1. The van der Waals surface area contributed by atoms with E-state index in [9.17, 15) is 56.2 Å². The van der Waals surface area contributed by atoms with Gasteiger partial charge in [0.05, 0.1) is 57.8 Å². The fourth-order valence-corrected chi connectivity index (χ4v) is 16.0. The van der Waals surface area contributed by atoms with Crippen LogP contribution in [0.4, 0.5) is 11.4 Å². The van der Waals surface area contributed by atoms with Gasteiger partial charge in [0.2, 0.25) is 6.29 Å². The van der Waals surface area contributed by atoms with Crippen molar-refractivity contribution >= 4 is 72.3 Å². The van der Waals surface area contributed by atoms with Crippen molar-refractivity contribution in [1.29, 1.82) is 0 Å². The predicted octanol–water partition coefficient (Wildman–Crippen LogP) is -0.193. The maximum Gasteiger partial charge on any atom is 1.00 e. The SMILES string of the molecule is COc1cc2c(cc1OCc1cc(COc3cc4c(cc3OC)C(=O)N3Cc5ccsc5C[C@H]3[C@H](S(=O)(=O)[O-])N4)cc(C[N+](C)(C)Cc3ccc(OS(=O)(=O)Oc4cc(C(=O)NC(C)C)ccc4OC4O[C@H](CO)[C@H](O)[C@H](O)[C@H]4O)cc3)c1)N[CH-][C@@H]1Cc3sccc3CN1C2=O.[Na+].[Na+]. The van der Waals surface area contributed by atoms with Crippen LogP contribution in [0.1, 0.15) is 88.1 Å². The topological polar surface area (TPSA) is 340 Å². The van der Waals surface area contributed by atoms with Crippen LogP contribution in [0.2, 0.25) is 0 Å². The molecule has 12 rings (SSSR count).